The first-order chi connectivity index (χ1) is 9.13. The number of rotatable bonds is 4. The fourth-order valence-corrected chi connectivity index (χ4v) is 3.83. The van der Waals surface area contributed by atoms with Crippen molar-refractivity contribution in [1.82, 2.24) is 10.2 Å². The second kappa shape index (κ2) is 6.73. The van der Waals surface area contributed by atoms with Gasteiger partial charge in [0.05, 0.1) is 0 Å². The van der Waals surface area contributed by atoms with Crippen LogP contribution in [0.15, 0.2) is 18.2 Å². The van der Waals surface area contributed by atoms with Crippen LogP contribution in [0.4, 0.5) is 4.39 Å². The van der Waals surface area contributed by atoms with Gasteiger partial charge in [0.2, 0.25) is 0 Å². The van der Waals surface area contributed by atoms with Crippen LogP contribution in [0.3, 0.4) is 0 Å². The van der Waals surface area contributed by atoms with Crippen molar-refractivity contribution >= 4 is 11.8 Å². The predicted octanol–water partition coefficient (Wildman–Crippen LogP) is 2.83. The number of nitrogens with zero attached hydrogens (tertiary/aromatic N) is 1. The SMILES string of the molecule is CCNC(c1ccc(C)c(F)c1)C1CSCCN1C. The third-order valence-electron chi connectivity index (χ3n) is 3.81. The summed E-state index contributed by atoms with van der Waals surface area (Å²) in [5, 5.41) is 3.52. The second-order valence-corrected chi connectivity index (χ2v) is 6.32. The average molecular weight is 282 g/mol. The summed E-state index contributed by atoms with van der Waals surface area (Å²) in [6.45, 7) is 5.91. The van der Waals surface area contributed by atoms with Gasteiger partial charge >= 0.3 is 0 Å². The zero-order chi connectivity index (χ0) is 13.8. The molecule has 0 aliphatic carbocycles. The Kier molecular flexibility index (Phi) is 5.25. The highest BCUT2D eigenvalue weighted by molar-refractivity contribution is 7.99. The first kappa shape index (κ1) is 14.8. The van der Waals surface area contributed by atoms with Gasteiger partial charge in [-0.3, -0.25) is 4.90 Å². The Bertz CT molecular complexity index is 425. The molecule has 0 spiro atoms. The molecule has 1 heterocycles. The lowest BCUT2D eigenvalue weighted by molar-refractivity contribution is 0.217. The molecule has 4 heteroatoms. The summed E-state index contributed by atoms with van der Waals surface area (Å²) in [4.78, 5) is 2.39. The van der Waals surface area contributed by atoms with Crippen molar-refractivity contribution in [2.24, 2.45) is 0 Å². The molecule has 19 heavy (non-hydrogen) atoms. The molecule has 1 aromatic rings. The van der Waals surface area contributed by atoms with Gasteiger partial charge in [-0.25, -0.2) is 4.39 Å². The van der Waals surface area contributed by atoms with E-state index in [0.29, 0.717) is 11.6 Å². The van der Waals surface area contributed by atoms with E-state index in [9.17, 15) is 4.39 Å². The van der Waals surface area contributed by atoms with Gasteiger partial charge in [-0.1, -0.05) is 19.1 Å². The molecular weight excluding hydrogens is 259 g/mol. The molecule has 2 atom stereocenters. The molecule has 0 amide bonds. The third-order valence-corrected chi connectivity index (χ3v) is 4.86. The zero-order valence-corrected chi connectivity index (χ0v) is 12.8. The van der Waals surface area contributed by atoms with Gasteiger partial charge in [-0.2, -0.15) is 11.8 Å². The lowest BCUT2D eigenvalue weighted by Gasteiger charge is -2.38. The van der Waals surface area contributed by atoms with E-state index < -0.39 is 0 Å². The zero-order valence-electron chi connectivity index (χ0n) is 11.9. The number of aryl methyl sites for hydroxylation is 1. The Morgan fingerprint density at radius 2 is 2.32 bits per heavy atom. The van der Waals surface area contributed by atoms with E-state index in [-0.39, 0.29) is 11.9 Å². The Balaban J connectivity index is 2.25. The van der Waals surface area contributed by atoms with Gasteiger partial charge in [0, 0.05) is 30.1 Å². The molecular formula is C15H23FN2S. The molecule has 2 unspecified atom stereocenters. The van der Waals surface area contributed by atoms with Crippen LogP contribution in [0.25, 0.3) is 0 Å². The van der Waals surface area contributed by atoms with Crippen molar-refractivity contribution in [2.75, 3.05) is 31.6 Å². The van der Waals surface area contributed by atoms with Crippen LogP contribution >= 0.6 is 11.8 Å². The van der Waals surface area contributed by atoms with Crippen molar-refractivity contribution < 1.29 is 4.39 Å². The lowest BCUT2D eigenvalue weighted by Crippen LogP contribution is -2.47. The maximum absolute atomic E-state index is 13.8. The fourth-order valence-electron chi connectivity index (χ4n) is 2.55. The molecule has 0 radical (unpaired) electrons. The molecule has 2 rings (SSSR count). The summed E-state index contributed by atoms with van der Waals surface area (Å²) in [6.07, 6.45) is 0. The van der Waals surface area contributed by atoms with Gasteiger partial charge in [-0.15, -0.1) is 0 Å². The lowest BCUT2D eigenvalue weighted by atomic mass is 9.97. The maximum Gasteiger partial charge on any atom is 0.126 e. The topological polar surface area (TPSA) is 15.3 Å². The van der Waals surface area contributed by atoms with Gasteiger partial charge in [-0.05, 0) is 37.7 Å². The average Bonchev–Trinajstić information content (AvgIpc) is 2.40. The van der Waals surface area contributed by atoms with E-state index >= 15 is 0 Å². The van der Waals surface area contributed by atoms with E-state index in [1.54, 1.807) is 6.07 Å². The molecule has 0 bridgehead atoms. The Hall–Kier alpha value is -0.580. The summed E-state index contributed by atoms with van der Waals surface area (Å²) < 4.78 is 13.8. The van der Waals surface area contributed by atoms with E-state index in [1.807, 2.05) is 24.8 Å². The summed E-state index contributed by atoms with van der Waals surface area (Å²) in [5.41, 5.74) is 1.77. The predicted molar refractivity (Wildman–Crippen MR) is 81.3 cm³/mol. The Labute approximate surface area is 119 Å². The van der Waals surface area contributed by atoms with Crippen LogP contribution in [-0.2, 0) is 0 Å². The first-order valence-corrected chi connectivity index (χ1v) is 8.06. The van der Waals surface area contributed by atoms with Gasteiger partial charge < -0.3 is 5.32 Å². The number of benzene rings is 1. The van der Waals surface area contributed by atoms with Crippen molar-refractivity contribution in [3.05, 3.63) is 35.1 Å². The third kappa shape index (κ3) is 3.50. The Morgan fingerprint density at radius 1 is 1.53 bits per heavy atom. The smallest absolute Gasteiger partial charge is 0.126 e. The summed E-state index contributed by atoms with van der Waals surface area (Å²) >= 11 is 1.99. The van der Waals surface area contributed by atoms with Crippen LogP contribution in [0.1, 0.15) is 24.1 Å². The number of thioether (sulfide) groups is 1. The number of hydrogen-bond donors (Lipinski definition) is 1. The molecule has 0 aromatic heterocycles. The highest BCUT2D eigenvalue weighted by Gasteiger charge is 2.28. The molecule has 1 saturated heterocycles. The minimum atomic E-state index is -0.105. The van der Waals surface area contributed by atoms with Crippen LogP contribution in [0.5, 0.6) is 0 Å². The van der Waals surface area contributed by atoms with Crippen molar-refractivity contribution in [3.63, 3.8) is 0 Å². The van der Waals surface area contributed by atoms with Gasteiger partial charge in [0.1, 0.15) is 5.82 Å². The molecule has 106 valence electrons. The van der Waals surface area contributed by atoms with E-state index in [0.717, 1.165) is 24.4 Å². The summed E-state index contributed by atoms with van der Waals surface area (Å²) in [6, 6.07) is 6.26. The molecule has 0 saturated carbocycles. The second-order valence-electron chi connectivity index (χ2n) is 5.17. The first-order valence-electron chi connectivity index (χ1n) is 6.91. The number of likely N-dealkylation sites (N-methyl/N-ethyl adjacent to an activating group) is 2. The highest BCUT2D eigenvalue weighted by Crippen LogP contribution is 2.27. The van der Waals surface area contributed by atoms with Crippen molar-refractivity contribution in [1.29, 1.82) is 0 Å². The number of nitrogens with one attached hydrogen (secondary N) is 1. The summed E-state index contributed by atoms with van der Waals surface area (Å²) in [7, 11) is 2.17. The molecule has 1 aliphatic rings. The van der Waals surface area contributed by atoms with Crippen molar-refractivity contribution in [2.45, 2.75) is 25.9 Å². The number of halogens is 1. The minimum Gasteiger partial charge on any atom is -0.309 e. The van der Waals surface area contributed by atoms with Crippen molar-refractivity contribution in [3.8, 4) is 0 Å². The normalized spacial score (nSPS) is 22.4. The maximum atomic E-state index is 13.8. The standard InChI is InChI=1S/C15H23FN2S/c1-4-17-15(14-10-19-8-7-18(14)3)12-6-5-11(2)13(16)9-12/h5-6,9,14-15,17H,4,7-8,10H2,1-3H3. The van der Waals surface area contributed by atoms with E-state index in [2.05, 4.69) is 30.3 Å². The van der Waals surface area contributed by atoms with Gasteiger partial charge in [0.25, 0.3) is 0 Å². The number of hydrogen-bond acceptors (Lipinski definition) is 3. The van der Waals surface area contributed by atoms with Crippen LogP contribution in [0.2, 0.25) is 0 Å². The highest BCUT2D eigenvalue weighted by atomic mass is 32.2. The summed E-state index contributed by atoms with van der Waals surface area (Å²) in [5.74, 6) is 2.18. The van der Waals surface area contributed by atoms with Crippen LogP contribution in [-0.4, -0.2) is 42.6 Å². The monoisotopic (exact) mass is 282 g/mol. The fraction of sp³-hybridized carbons (Fsp3) is 0.600. The quantitative estimate of drug-likeness (QED) is 0.914. The molecule has 1 aromatic carbocycles. The van der Waals surface area contributed by atoms with Crippen LogP contribution < -0.4 is 5.32 Å². The van der Waals surface area contributed by atoms with Crippen LogP contribution in [0, 0.1) is 12.7 Å². The van der Waals surface area contributed by atoms with E-state index in [4.69, 9.17) is 0 Å². The van der Waals surface area contributed by atoms with E-state index in [1.165, 1.54) is 5.75 Å². The minimum absolute atomic E-state index is 0.105. The molecule has 1 fully saturated rings. The largest absolute Gasteiger partial charge is 0.309 e. The van der Waals surface area contributed by atoms with Gasteiger partial charge in [0.15, 0.2) is 0 Å². The Morgan fingerprint density at radius 3 is 2.95 bits per heavy atom. The molecule has 1 aliphatic heterocycles. The molecule has 2 nitrogen and oxygen atoms in total. The molecule has 1 N–H and O–H groups in total.